The van der Waals surface area contributed by atoms with Gasteiger partial charge in [-0.25, -0.2) is 9.18 Å². The number of hydrogen-bond acceptors (Lipinski definition) is 3. The van der Waals surface area contributed by atoms with Crippen molar-refractivity contribution in [2.75, 3.05) is 13.2 Å². The van der Waals surface area contributed by atoms with Crippen molar-refractivity contribution in [1.29, 1.82) is 0 Å². The average Bonchev–Trinajstić information content (AvgIpc) is 2.55. The van der Waals surface area contributed by atoms with Gasteiger partial charge in [0.05, 0.1) is 11.7 Å². The minimum absolute atomic E-state index is 0.0325. The predicted molar refractivity (Wildman–Crippen MR) is 85.1 cm³/mol. The van der Waals surface area contributed by atoms with Gasteiger partial charge in [0.1, 0.15) is 5.82 Å². The van der Waals surface area contributed by atoms with E-state index in [0.717, 1.165) is 44.0 Å². The Morgan fingerprint density at radius 3 is 2.91 bits per heavy atom. The van der Waals surface area contributed by atoms with E-state index in [4.69, 9.17) is 9.84 Å². The van der Waals surface area contributed by atoms with Crippen LogP contribution in [0.25, 0.3) is 0 Å². The van der Waals surface area contributed by atoms with E-state index >= 15 is 0 Å². The topological polar surface area (TPSA) is 49.8 Å². The van der Waals surface area contributed by atoms with Crippen molar-refractivity contribution in [3.63, 3.8) is 0 Å². The zero-order valence-corrected chi connectivity index (χ0v) is 13.6. The Labute approximate surface area is 136 Å². The summed E-state index contributed by atoms with van der Waals surface area (Å²) in [5, 5.41) is 9.14. The van der Waals surface area contributed by atoms with Gasteiger partial charge in [-0.1, -0.05) is 6.92 Å². The zero-order valence-electron chi connectivity index (χ0n) is 13.6. The Hall–Kier alpha value is -1.46. The van der Waals surface area contributed by atoms with Crippen molar-refractivity contribution < 1.29 is 19.0 Å². The smallest absolute Gasteiger partial charge is 0.335 e. The molecule has 1 fully saturated rings. The number of hydrogen-bond donors (Lipinski definition) is 1. The molecule has 4 nitrogen and oxygen atoms in total. The maximum Gasteiger partial charge on any atom is 0.335 e. The van der Waals surface area contributed by atoms with Crippen LogP contribution in [0.5, 0.6) is 0 Å². The number of nitrogens with zero attached hydrogens (tertiary/aromatic N) is 1. The molecule has 2 heterocycles. The summed E-state index contributed by atoms with van der Waals surface area (Å²) in [4.78, 5) is 13.5. The van der Waals surface area contributed by atoms with Gasteiger partial charge in [-0.2, -0.15) is 0 Å². The summed E-state index contributed by atoms with van der Waals surface area (Å²) in [6.07, 6.45) is 5.24. The number of fused-ring (bicyclic) bond motifs is 1. The lowest BCUT2D eigenvalue weighted by atomic mass is 9.90. The first-order valence-electron chi connectivity index (χ1n) is 8.48. The molecule has 1 aromatic rings. The summed E-state index contributed by atoms with van der Waals surface area (Å²) in [6.45, 7) is 4.39. The van der Waals surface area contributed by atoms with Crippen molar-refractivity contribution in [3.8, 4) is 0 Å². The van der Waals surface area contributed by atoms with Crippen LogP contribution in [0.3, 0.4) is 0 Å². The zero-order chi connectivity index (χ0) is 16.4. The summed E-state index contributed by atoms with van der Waals surface area (Å²) in [7, 11) is 0. The van der Waals surface area contributed by atoms with Gasteiger partial charge in [0.15, 0.2) is 0 Å². The van der Waals surface area contributed by atoms with Crippen molar-refractivity contribution in [2.24, 2.45) is 0 Å². The first-order valence-corrected chi connectivity index (χ1v) is 8.48. The van der Waals surface area contributed by atoms with E-state index in [1.54, 1.807) is 6.07 Å². The summed E-state index contributed by atoms with van der Waals surface area (Å²) >= 11 is 0. The third-order valence-electron chi connectivity index (χ3n) is 5.05. The summed E-state index contributed by atoms with van der Waals surface area (Å²) in [5.41, 5.74) is 1.52. The van der Waals surface area contributed by atoms with E-state index in [0.29, 0.717) is 24.6 Å². The molecule has 3 rings (SSSR count). The van der Waals surface area contributed by atoms with Gasteiger partial charge in [0, 0.05) is 25.7 Å². The van der Waals surface area contributed by atoms with Gasteiger partial charge in [-0.3, -0.25) is 4.90 Å². The Balaban J connectivity index is 1.82. The lowest BCUT2D eigenvalue weighted by Gasteiger charge is -2.39. The highest BCUT2D eigenvalue weighted by atomic mass is 19.1. The molecule has 0 aromatic heterocycles. The van der Waals surface area contributed by atoms with E-state index in [1.807, 2.05) is 0 Å². The van der Waals surface area contributed by atoms with E-state index in [-0.39, 0.29) is 17.5 Å². The third-order valence-corrected chi connectivity index (χ3v) is 5.05. The second kappa shape index (κ2) is 6.97. The standard InChI is InChI=1S/C18H24FNO3/c1-2-14-9-16-13(7-12(18(21)22)8-17(16)19)10-20(14)11-15-5-3-4-6-23-15/h7-8,14-15H,2-6,9-11H2,1H3,(H,21,22)/t14-,15-/m1/s1. The molecule has 0 amide bonds. The van der Waals surface area contributed by atoms with Gasteiger partial charge in [-0.05, 0) is 55.4 Å². The molecule has 23 heavy (non-hydrogen) atoms. The number of rotatable bonds is 4. The number of aromatic carboxylic acids is 1. The van der Waals surface area contributed by atoms with E-state index in [9.17, 15) is 9.18 Å². The fraction of sp³-hybridized carbons (Fsp3) is 0.611. The molecule has 2 aliphatic heterocycles. The van der Waals surface area contributed by atoms with Gasteiger partial charge in [-0.15, -0.1) is 0 Å². The quantitative estimate of drug-likeness (QED) is 0.925. The number of benzene rings is 1. The summed E-state index contributed by atoms with van der Waals surface area (Å²) < 4.78 is 20.1. The minimum Gasteiger partial charge on any atom is -0.478 e. The normalized spacial score (nSPS) is 25.1. The van der Waals surface area contributed by atoms with Crippen LogP contribution in [0.1, 0.15) is 54.1 Å². The number of carbonyl (C=O) groups is 1. The van der Waals surface area contributed by atoms with Crippen LogP contribution < -0.4 is 0 Å². The largest absolute Gasteiger partial charge is 0.478 e. The molecule has 0 bridgehead atoms. The van der Waals surface area contributed by atoms with E-state index in [2.05, 4.69) is 11.8 Å². The molecule has 1 aromatic carbocycles. The second-order valence-electron chi connectivity index (χ2n) is 6.59. The SMILES string of the molecule is CC[C@@H]1Cc2c(F)cc(C(=O)O)cc2CN1C[C@H]1CCCCO1. The van der Waals surface area contributed by atoms with Crippen LogP contribution in [-0.2, 0) is 17.7 Å². The molecule has 0 spiro atoms. The molecule has 0 saturated carbocycles. The van der Waals surface area contributed by atoms with Crippen LogP contribution in [0.2, 0.25) is 0 Å². The Morgan fingerprint density at radius 2 is 2.26 bits per heavy atom. The van der Waals surface area contributed by atoms with Crippen LogP contribution in [0, 0.1) is 5.82 Å². The first-order chi connectivity index (χ1) is 11.1. The fourth-order valence-electron chi connectivity index (χ4n) is 3.73. The fourth-order valence-corrected chi connectivity index (χ4v) is 3.73. The second-order valence-corrected chi connectivity index (χ2v) is 6.59. The molecule has 0 radical (unpaired) electrons. The van der Waals surface area contributed by atoms with Crippen molar-refractivity contribution in [2.45, 2.75) is 57.7 Å². The maximum absolute atomic E-state index is 14.3. The molecule has 2 aliphatic rings. The molecule has 1 N–H and O–H groups in total. The Bertz CT molecular complexity index is 584. The minimum atomic E-state index is -1.08. The Kier molecular flexibility index (Phi) is 4.97. The highest BCUT2D eigenvalue weighted by Gasteiger charge is 2.30. The molecule has 0 unspecified atom stereocenters. The van der Waals surface area contributed by atoms with Crippen molar-refractivity contribution in [3.05, 3.63) is 34.6 Å². The van der Waals surface area contributed by atoms with Crippen LogP contribution >= 0.6 is 0 Å². The van der Waals surface area contributed by atoms with Gasteiger partial charge >= 0.3 is 5.97 Å². The highest BCUT2D eigenvalue weighted by Crippen LogP contribution is 2.29. The number of carboxylic acids is 1. The molecule has 126 valence electrons. The first kappa shape index (κ1) is 16.4. The average molecular weight is 321 g/mol. The van der Waals surface area contributed by atoms with Crippen molar-refractivity contribution in [1.82, 2.24) is 4.90 Å². The lowest BCUT2D eigenvalue weighted by Crippen LogP contribution is -2.45. The van der Waals surface area contributed by atoms with Crippen molar-refractivity contribution >= 4 is 5.97 Å². The van der Waals surface area contributed by atoms with Gasteiger partial charge in [0.25, 0.3) is 0 Å². The molecular formula is C18H24FNO3. The molecule has 0 aliphatic carbocycles. The highest BCUT2D eigenvalue weighted by molar-refractivity contribution is 5.88. The summed E-state index contributed by atoms with van der Waals surface area (Å²) in [5.74, 6) is -1.46. The number of carboxylic acid groups (broad SMARTS) is 1. The molecular weight excluding hydrogens is 297 g/mol. The van der Waals surface area contributed by atoms with E-state index in [1.165, 1.54) is 6.42 Å². The predicted octanol–water partition coefficient (Wildman–Crippen LogP) is 3.23. The number of ether oxygens (including phenoxy) is 1. The van der Waals surface area contributed by atoms with Crippen LogP contribution in [0.4, 0.5) is 4.39 Å². The van der Waals surface area contributed by atoms with Gasteiger partial charge < -0.3 is 9.84 Å². The lowest BCUT2D eigenvalue weighted by molar-refractivity contribution is -0.0182. The molecule has 5 heteroatoms. The van der Waals surface area contributed by atoms with Gasteiger partial charge in [0.2, 0.25) is 0 Å². The molecule has 1 saturated heterocycles. The molecule has 2 atom stereocenters. The monoisotopic (exact) mass is 321 g/mol. The number of halogens is 1. The maximum atomic E-state index is 14.3. The third kappa shape index (κ3) is 3.56. The van der Waals surface area contributed by atoms with Crippen LogP contribution in [-0.4, -0.2) is 41.3 Å². The Morgan fingerprint density at radius 1 is 1.43 bits per heavy atom. The summed E-state index contributed by atoms with van der Waals surface area (Å²) in [6, 6.07) is 3.06. The van der Waals surface area contributed by atoms with E-state index < -0.39 is 5.97 Å². The van der Waals surface area contributed by atoms with Crippen LogP contribution in [0.15, 0.2) is 12.1 Å².